The fourth-order valence-corrected chi connectivity index (χ4v) is 1.61. The zero-order chi connectivity index (χ0) is 15.5. The summed E-state index contributed by atoms with van der Waals surface area (Å²) in [6.45, 7) is 3.50. The van der Waals surface area contributed by atoms with Gasteiger partial charge in [0.15, 0.2) is 0 Å². The van der Waals surface area contributed by atoms with Crippen LogP contribution in [0.5, 0.6) is 0 Å². The van der Waals surface area contributed by atoms with Crippen molar-refractivity contribution in [3.05, 3.63) is 35.1 Å². The highest BCUT2D eigenvalue weighted by Crippen LogP contribution is 2.10. The van der Waals surface area contributed by atoms with Crippen LogP contribution in [0.3, 0.4) is 0 Å². The molecule has 0 aromatic heterocycles. The highest BCUT2D eigenvalue weighted by Gasteiger charge is 2.11. The van der Waals surface area contributed by atoms with Gasteiger partial charge in [-0.25, -0.2) is 4.39 Å². The van der Waals surface area contributed by atoms with Crippen LogP contribution in [0, 0.1) is 17.7 Å². The Kier molecular flexibility index (Phi) is 8.10. The summed E-state index contributed by atoms with van der Waals surface area (Å²) in [6, 6.07) is 4.14. The number of carbonyl (C=O) groups excluding carboxylic acids is 1. The van der Waals surface area contributed by atoms with Crippen molar-refractivity contribution in [2.75, 3.05) is 26.4 Å². The van der Waals surface area contributed by atoms with Gasteiger partial charge in [-0.2, -0.15) is 0 Å². The van der Waals surface area contributed by atoms with Crippen LogP contribution >= 0.6 is 0 Å². The largest absolute Gasteiger partial charge is 0.395 e. The minimum absolute atomic E-state index is 0.0257. The van der Waals surface area contributed by atoms with E-state index >= 15 is 0 Å². The first-order valence-electron chi connectivity index (χ1n) is 6.94. The second kappa shape index (κ2) is 9.92. The molecule has 0 radical (unpaired) electrons. The minimum Gasteiger partial charge on any atom is -0.395 e. The van der Waals surface area contributed by atoms with Crippen molar-refractivity contribution < 1.29 is 19.0 Å². The van der Waals surface area contributed by atoms with Crippen LogP contribution in [0.2, 0.25) is 0 Å². The number of rotatable bonds is 7. The molecule has 0 aliphatic heterocycles. The third-order valence-electron chi connectivity index (χ3n) is 2.64. The van der Waals surface area contributed by atoms with Crippen molar-refractivity contribution in [1.82, 2.24) is 5.32 Å². The third kappa shape index (κ3) is 6.39. The average molecular weight is 293 g/mol. The lowest BCUT2D eigenvalue weighted by Gasteiger charge is -2.06. The molecule has 114 valence electrons. The molecule has 21 heavy (non-hydrogen) atoms. The molecule has 0 spiro atoms. The second-order valence-electron chi connectivity index (χ2n) is 4.28. The summed E-state index contributed by atoms with van der Waals surface area (Å²) in [5.74, 6) is 4.47. The first-order chi connectivity index (χ1) is 10.2. The maximum absolute atomic E-state index is 13.7. The second-order valence-corrected chi connectivity index (χ2v) is 4.28. The van der Waals surface area contributed by atoms with Gasteiger partial charge in [0.2, 0.25) is 0 Å². The predicted molar refractivity (Wildman–Crippen MR) is 78.4 cm³/mol. The van der Waals surface area contributed by atoms with Crippen LogP contribution in [0.15, 0.2) is 18.2 Å². The van der Waals surface area contributed by atoms with Crippen LogP contribution in [-0.4, -0.2) is 37.4 Å². The van der Waals surface area contributed by atoms with E-state index in [0.717, 1.165) is 0 Å². The number of halogens is 1. The highest BCUT2D eigenvalue weighted by molar-refractivity contribution is 5.94. The first-order valence-corrected chi connectivity index (χ1v) is 6.94. The van der Waals surface area contributed by atoms with Gasteiger partial charge in [-0.3, -0.25) is 4.79 Å². The highest BCUT2D eigenvalue weighted by atomic mass is 19.1. The van der Waals surface area contributed by atoms with Gasteiger partial charge in [-0.1, -0.05) is 11.8 Å². The van der Waals surface area contributed by atoms with Gasteiger partial charge in [0.25, 0.3) is 5.91 Å². The molecule has 1 amide bonds. The summed E-state index contributed by atoms with van der Waals surface area (Å²) in [5, 5.41) is 11.3. The molecular weight excluding hydrogens is 273 g/mol. The van der Waals surface area contributed by atoms with Crippen molar-refractivity contribution in [3.63, 3.8) is 0 Å². The molecule has 2 N–H and O–H groups in total. The van der Waals surface area contributed by atoms with E-state index in [1.807, 2.05) is 6.92 Å². The quantitative estimate of drug-likeness (QED) is 0.594. The number of benzene rings is 1. The lowest BCUT2D eigenvalue weighted by molar-refractivity contribution is 0.0940. The molecule has 0 aliphatic rings. The maximum Gasteiger partial charge on any atom is 0.254 e. The zero-order valence-electron chi connectivity index (χ0n) is 12.1. The van der Waals surface area contributed by atoms with Crippen molar-refractivity contribution >= 4 is 5.91 Å². The Labute approximate surface area is 124 Å². The zero-order valence-corrected chi connectivity index (χ0v) is 12.1. The summed E-state index contributed by atoms with van der Waals surface area (Å²) >= 11 is 0. The van der Waals surface area contributed by atoms with Gasteiger partial charge >= 0.3 is 0 Å². The average Bonchev–Trinajstić information content (AvgIpc) is 2.48. The van der Waals surface area contributed by atoms with E-state index in [0.29, 0.717) is 38.2 Å². The Bertz CT molecular complexity index is 520. The molecule has 0 atom stereocenters. The normalized spacial score (nSPS) is 9.86. The number of aliphatic hydroxyl groups excluding tert-OH is 1. The first kappa shape index (κ1) is 17.2. The Morgan fingerprint density at radius 1 is 1.48 bits per heavy atom. The van der Waals surface area contributed by atoms with Crippen LogP contribution in [0.4, 0.5) is 4.39 Å². The molecule has 0 aliphatic carbocycles. The number of aliphatic hydroxyl groups is 1. The lowest BCUT2D eigenvalue weighted by Crippen LogP contribution is -2.26. The van der Waals surface area contributed by atoms with E-state index in [-0.39, 0.29) is 12.2 Å². The number of hydrogen-bond donors (Lipinski definition) is 2. The van der Waals surface area contributed by atoms with E-state index in [1.54, 1.807) is 0 Å². The van der Waals surface area contributed by atoms with Crippen molar-refractivity contribution in [2.45, 2.75) is 19.8 Å². The summed E-state index contributed by atoms with van der Waals surface area (Å²) in [6.07, 6.45) is 1.02. The Hall–Kier alpha value is -1.90. The molecule has 4 nitrogen and oxygen atoms in total. The molecule has 1 aromatic rings. The number of hydrogen-bond acceptors (Lipinski definition) is 3. The Balaban J connectivity index is 2.62. The van der Waals surface area contributed by atoms with Gasteiger partial charge in [0, 0.05) is 31.7 Å². The predicted octanol–water partition coefficient (Wildman–Crippen LogP) is 1.72. The molecule has 1 aromatic carbocycles. The SMILES string of the molecule is CCOCCCNC(=O)c1cc(C#CCCO)ccc1F. The van der Waals surface area contributed by atoms with Crippen LogP contribution < -0.4 is 5.32 Å². The molecular formula is C16H20FNO3. The van der Waals surface area contributed by atoms with Crippen molar-refractivity contribution in [1.29, 1.82) is 0 Å². The number of carbonyl (C=O) groups is 1. The lowest BCUT2D eigenvalue weighted by atomic mass is 10.1. The standard InChI is InChI=1S/C16H20FNO3/c1-2-21-11-5-9-18-16(20)14-12-13(6-3-4-10-19)7-8-15(14)17/h7-8,12,19H,2,4-5,9-11H2,1H3,(H,18,20). The van der Waals surface area contributed by atoms with Gasteiger partial charge in [0.1, 0.15) is 5.82 Å². The van der Waals surface area contributed by atoms with E-state index in [2.05, 4.69) is 17.2 Å². The van der Waals surface area contributed by atoms with Gasteiger partial charge in [-0.05, 0) is 31.5 Å². The molecule has 5 heteroatoms. The fraction of sp³-hybridized carbons (Fsp3) is 0.438. The van der Waals surface area contributed by atoms with Crippen LogP contribution in [-0.2, 0) is 4.74 Å². The van der Waals surface area contributed by atoms with E-state index in [4.69, 9.17) is 9.84 Å². The maximum atomic E-state index is 13.7. The van der Waals surface area contributed by atoms with Gasteiger partial charge in [-0.15, -0.1) is 0 Å². The topological polar surface area (TPSA) is 58.6 Å². The molecule has 1 rings (SSSR count). The Morgan fingerprint density at radius 3 is 3.00 bits per heavy atom. The summed E-state index contributed by atoms with van der Waals surface area (Å²) in [4.78, 5) is 11.9. The number of ether oxygens (including phenoxy) is 1. The van der Waals surface area contributed by atoms with E-state index in [9.17, 15) is 9.18 Å². The summed E-state index contributed by atoms with van der Waals surface area (Å²) in [7, 11) is 0. The molecule has 0 fully saturated rings. The Morgan fingerprint density at radius 2 is 2.29 bits per heavy atom. The molecule has 0 saturated carbocycles. The number of amides is 1. The fourth-order valence-electron chi connectivity index (χ4n) is 1.61. The molecule has 0 saturated heterocycles. The van der Waals surface area contributed by atoms with Gasteiger partial charge < -0.3 is 15.2 Å². The minimum atomic E-state index is -0.579. The van der Waals surface area contributed by atoms with Crippen molar-refractivity contribution in [2.24, 2.45) is 0 Å². The molecule has 0 heterocycles. The summed E-state index contributed by atoms with van der Waals surface area (Å²) < 4.78 is 18.8. The van der Waals surface area contributed by atoms with Crippen molar-refractivity contribution in [3.8, 4) is 11.8 Å². The smallest absolute Gasteiger partial charge is 0.254 e. The van der Waals surface area contributed by atoms with Crippen LogP contribution in [0.1, 0.15) is 35.7 Å². The van der Waals surface area contributed by atoms with E-state index < -0.39 is 11.7 Å². The molecule has 0 bridgehead atoms. The monoisotopic (exact) mass is 293 g/mol. The third-order valence-corrected chi connectivity index (χ3v) is 2.64. The van der Waals surface area contributed by atoms with Gasteiger partial charge in [0.05, 0.1) is 12.2 Å². The molecule has 0 unspecified atom stereocenters. The number of nitrogens with one attached hydrogen (secondary N) is 1. The van der Waals surface area contributed by atoms with E-state index in [1.165, 1.54) is 18.2 Å². The summed E-state index contributed by atoms with van der Waals surface area (Å²) in [5.41, 5.74) is 0.520. The van der Waals surface area contributed by atoms with Crippen LogP contribution in [0.25, 0.3) is 0 Å².